The van der Waals surface area contributed by atoms with Crippen LogP contribution in [-0.4, -0.2) is 43.2 Å². The molecule has 1 saturated heterocycles. The Hall–Kier alpha value is -2.05. The van der Waals surface area contributed by atoms with Gasteiger partial charge in [0.25, 0.3) is 0 Å². The molecule has 1 aliphatic rings. The molecule has 20 heavy (non-hydrogen) atoms. The molecule has 7 nitrogen and oxygen atoms in total. The van der Waals surface area contributed by atoms with Crippen LogP contribution in [0.15, 0.2) is 0 Å². The molecule has 0 radical (unpaired) electrons. The Balaban J connectivity index is 1.96. The van der Waals surface area contributed by atoms with Crippen LogP contribution in [-0.2, 0) is 24.8 Å². The number of carbonyl (C=O) groups is 1. The minimum atomic E-state index is 0.104. The van der Waals surface area contributed by atoms with Gasteiger partial charge >= 0.3 is 0 Å². The number of imidazole rings is 1. The van der Waals surface area contributed by atoms with E-state index >= 15 is 0 Å². The number of nitrogen functional groups attached to an aromatic ring is 1. The number of amides is 1. The molecule has 1 amide bonds. The fourth-order valence-corrected chi connectivity index (χ4v) is 2.85. The summed E-state index contributed by atoms with van der Waals surface area (Å²) < 4.78 is 3.52. The second-order valence-electron chi connectivity index (χ2n) is 5.24. The molecule has 1 aliphatic heterocycles. The number of nitrogens with two attached hydrogens (primary N) is 1. The number of aryl methyl sites for hydroxylation is 2. The lowest BCUT2D eigenvalue weighted by Crippen LogP contribution is -2.31. The molecule has 0 unspecified atom stereocenters. The molecule has 108 valence electrons. The number of anilines is 1. The molecule has 0 saturated carbocycles. The molecule has 2 aromatic heterocycles. The molecule has 3 heterocycles. The maximum Gasteiger partial charge on any atom is 0.242 e. The third-order valence-electron chi connectivity index (χ3n) is 3.91. The number of nitrogens with zero attached hydrogens (tertiary/aromatic N) is 5. The predicted octanol–water partition coefficient (Wildman–Crippen LogP) is 0.537. The molecular formula is C13H20N6O. The number of fused-ring (bicyclic) bond motifs is 1. The highest BCUT2D eigenvalue weighted by atomic mass is 16.2. The number of hydrogen-bond acceptors (Lipinski definition) is 4. The van der Waals surface area contributed by atoms with E-state index in [4.69, 9.17) is 5.73 Å². The zero-order chi connectivity index (χ0) is 14.3. The number of rotatable bonds is 3. The van der Waals surface area contributed by atoms with Crippen molar-refractivity contribution in [2.45, 2.75) is 32.7 Å². The summed E-state index contributed by atoms with van der Waals surface area (Å²) in [5, 5.41) is 4.43. The van der Waals surface area contributed by atoms with Crippen molar-refractivity contribution in [3.63, 3.8) is 0 Å². The lowest BCUT2D eigenvalue weighted by atomic mass is 10.3. The fraction of sp³-hybridized carbons (Fsp3) is 0.615. The highest BCUT2D eigenvalue weighted by Gasteiger charge is 2.22. The lowest BCUT2D eigenvalue weighted by Gasteiger charge is -2.16. The van der Waals surface area contributed by atoms with Crippen LogP contribution in [0.5, 0.6) is 0 Å². The van der Waals surface area contributed by atoms with Gasteiger partial charge in [-0.15, -0.1) is 0 Å². The van der Waals surface area contributed by atoms with Gasteiger partial charge in [-0.25, -0.2) is 4.98 Å². The molecule has 0 spiro atoms. The van der Waals surface area contributed by atoms with E-state index in [1.54, 1.807) is 9.25 Å². The van der Waals surface area contributed by atoms with Gasteiger partial charge in [-0.05, 0) is 19.3 Å². The molecule has 0 bridgehead atoms. The average molecular weight is 276 g/mol. The van der Waals surface area contributed by atoms with E-state index in [1.807, 2.05) is 18.9 Å². The van der Waals surface area contributed by atoms with Gasteiger partial charge < -0.3 is 10.6 Å². The van der Waals surface area contributed by atoms with Crippen molar-refractivity contribution in [2.75, 3.05) is 18.8 Å². The van der Waals surface area contributed by atoms with Crippen LogP contribution >= 0.6 is 0 Å². The molecular weight excluding hydrogens is 256 g/mol. The second-order valence-corrected chi connectivity index (χ2v) is 5.24. The quantitative estimate of drug-likeness (QED) is 0.887. The Kier molecular flexibility index (Phi) is 3.11. The summed E-state index contributed by atoms with van der Waals surface area (Å²) in [6.07, 6.45) is 2.98. The van der Waals surface area contributed by atoms with Gasteiger partial charge in [0.1, 0.15) is 12.1 Å². The van der Waals surface area contributed by atoms with Gasteiger partial charge in [-0.2, -0.15) is 5.10 Å². The number of carbonyl (C=O) groups excluding carboxylic acids is 1. The monoisotopic (exact) mass is 276 g/mol. The highest BCUT2D eigenvalue weighted by Crippen LogP contribution is 2.21. The average Bonchev–Trinajstić information content (AvgIpc) is 3.10. The summed E-state index contributed by atoms with van der Waals surface area (Å²) in [5.74, 6) is 0.489. The Morgan fingerprint density at radius 3 is 2.70 bits per heavy atom. The Bertz CT molecular complexity index is 649. The van der Waals surface area contributed by atoms with Crippen LogP contribution in [0.25, 0.3) is 11.2 Å². The number of hydrogen-bond donors (Lipinski definition) is 1. The maximum absolute atomic E-state index is 12.3. The normalized spacial score (nSPS) is 15.4. The van der Waals surface area contributed by atoms with Crippen LogP contribution in [0.2, 0.25) is 0 Å². The molecule has 0 aliphatic carbocycles. The van der Waals surface area contributed by atoms with Gasteiger partial charge in [0, 0.05) is 20.1 Å². The van der Waals surface area contributed by atoms with Crippen LogP contribution in [0.4, 0.5) is 5.95 Å². The smallest absolute Gasteiger partial charge is 0.242 e. The zero-order valence-corrected chi connectivity index (χ0v) is 12.0. The van der Waals surface area contributed by atoms with E-state index < -0.39 is 0 Å². The standard InChI is InChI=1S/C13H20N6O/c1-3-9-11-12(17(2)16-9)19(13(14)15-11)8-10(20)18-6-4-5-7-18/h3-8H2,1-2H3,(H2,14,15). The summed E-state index contributed by atoms with van der Waals surface area (Å²) in [6, 6.07) is 0. The van der Waals surface area contributed by atoms with Crippen LogP contribution in [0.3, 0.4) is 0 Å². The number of likely N-dealkylation sites (tertiary alicyclic amines) is 1. The van der Waals surface area contributed by atoms with Crippen molar-refractivity contribution in [1.29, 1.82) is 0 Å². The summed E-state index contributed by atoms with van der Waals surface area (Å²) >= 11 is 0. The highest BCUT2D eigenvalue weighted by molar-refractivity contribution is 5.82. The largest absolute Gasteiger partial charge is 0.369 e. The van der Waals surface area contributed by atoms with Crippen molar-refractivity contribution < 1.29 is 4.79 Å². The topological polar surface area (TPSA) is 82.0 Å². The molecule has 7 heteroatoms. The molecule has 2 N–H and O–H groups in total. The van der Waals surface area contributed by atoms with Crippen LogP contribution in [0, 0.1) is 0 Å². The molecule has 1 fully saturated rings. The third-order valence-corrected chi connectivity index (χ3v) is 3.91. The summed E-state index contributed by atoms with van der Waals surface area (Å²) in [5.41, 5.74) is 8.53. The molecule has 3 rings (SSSR count). The van der Waals surface area contributed by atoms with Crippen LogP contribution < -0.4 is 5.73 Å². The van der Waals surface area contributed by atoms with Crippen molar-refractivity contribution in [1.82, 2.24) is 24.2 Å². The first-order valence-corrected chi connectivity index (χ1v) is 7.07. The van der Waals surface area contributed by atoms with Crippen molar-refractivity contribution in [3.8, 4) is 0 Å². The Morgan fingerprint density at radius 1 is 1.35 bits per heavy atom. The molecule has 0 atom stereocenters. The van der Waals surface area contributed by atoms with Gasteiger partial charge in [-0.3, -0.25) is 14.0 Å². The van der Waals surface area contributed by atoms with Crippen molar-refractivity contribution in [2.24, 2.45) is 7.05 Å². The van der Waals surface area contributed by atoms with Gasteiger partial charge in [0.05, 0.1) is 5.69 Å². The fourth-order valence-electron chi connectivity index (χ4n) is 2.85. The van der Waals surface area contributed by atoms with Crippen molar-refractivity contribution >= 4 is 23.0 Å². The first-order valence-electron chi connectivity index (χ1n) is 7.07. The summed E-state index contributed by atoms with van der Waals surface area (Å²) in [7, 11) is 1.86. The van der Waals surface area contributed by atoms with E-state index in [0.29, 0.717) is 5.95 Å². The minimum Gasteiger partial charge on any atom is -0.369 e. The minimum absolute atomic E-state index is 0.104. The molecule has 0 aromatic carbocycles. The van der Waals surface area contributed by atoms with Crippen LogP contribution in [0.1, 0.15) is 25.5 Å². The SMILES string of the molecule is CCc1nn(C)c2c1nc(N)n2CC(=O)N1CCCC1. The first-order chi connectivity index (χ1) is 9.61. The van der Waals surface area contributed by atoms with Gasteiger partial charge in [-0.1, -0.05) is 6.92 Å². The maximum atomic E-state index is 12.3. The molecule has 2 aromatic rings. The van der Waals surface area contributed by atoms with Gasteiger partial charge in [0.15, 0.2) is 5.65 Å². The zero-order valence-electron chi connectivity index (χ0n) is 12.0. The first kappa shape index (κ1) is 13.0. The lowest BCUT2D eigenvalue weighted by molar-refractivity contribution is -0.130. The van der Waals surface area contributed by atoms with E-state index in [-0.39, 0.29) is 12.5 Å². The predicted molar refractivity (Wildman–Crippen MR) is 76.1 cm³/mol. The second kappa shape index (κ2) is 4.81. The Labute approximate surface area is 117 Å². The van der Waals surface area contributed by atoms with Gasteiger partial charge in [0.2, 0.25) is 11.9 Å². The Morgan fingerprint density at radius 2 is 2.05 bits per heavy atom. The number of aromatic nitrogens is 4. The van der Waals surface area contributed by atoms with E-state index in [1.165, 1.54) is 0 Å². The third kappa shape index (κ3) is 1.93. The summed E-state index contributed by atoms with van der Waals surface area (Å²) in [6.45, 7) is 3.97. The van der Waals surface area contributed by atoms with E-state index in [2.05, 4.69) is 10.1 Å². The van der Waals surface area contributed by atoms with E-state index in [9.17, 15) is 4.79 Å². The summed E-state index contributed by atoms with van der Waals surface area (Å²) in [4.78, 5) is 18.6. The van der Waals surface area contributed by atoms with E-state index in [0.717, 1.165) is 49.2 Å². The van der Waals surface area contributed by atoms with Crippen molar-refractivity contribution in [3.05, 3.63) is 5.69 Å².